The van der Waals surface area contributed by atoms with E-state index >= 15 is 0 Å². The number of rotatable bonds is 3. The number of nitrogens with one attached hydrogen (secondary N) is 1. The minimum absolute atomic E-state index is 0.0913. The van der Waals surface area contributed by atoms with Crippen molar-refractivity contribution in [1.29, 1.82) is 0 Å². The molecule has 0 aromatic heterocycles. The third kappa shape index (κ3) is 2.03. The lowest BCUT2D eigenvalue weighted by Crippen LogP contribution is -2.08. The van der Waals surface area contributed by atoms with E-state index in [2.05, 4.69) is 5.32 Å². The van der Waals surface area contributed by atoms with Crippen molar-refractivity contribution in [3.8, 4) is 0 Å². The van der Waals surface area contributed by atoms with Crippen molar-refractivity contribution in [2.24, 2.45) is 0 Å². The molecule has 0 radical (unpaired) electrons. The van der Waals surface area contributed by atoms with Crippen LogP contribution in [-0.2, 0) is 9.53 Å². The summed E-state index contributed by atoms with van der Waals surface area (Å²) in [5, 5.41) is 12.2. The Bertz CT molecular complexity index is 461. The quantitative estimate of drug-likeness (QED) is 0.841. The number of carbonyl (C=O) groups excluding carboxylic acids is 1. The molecule has 2 atom stereocenters. The van der Waals surface area contributed by atoms with Crippen LogP contribution in [-0.4, -0.2) is 24.7 Å². The van der Waals surface area contributed by atoms with Crippen LogP contribution in [0.1, 0.15) is 30.1 Å². The Morgan fingerprint density at radius 2 is 2.29 bits per heavy atom. The molecule has 1 aliphatic rings. The van der Waals surface area contributed by atoms with Crippen LogP contribution >= 0.6 is 0 Å². The second-order valence-corrected chi connectivity index (χ2v) is 4.15. The molecule has 2 unspecified atom stereocenters. The van der Waals surface area contributed by atoms with Crippen molar-refractivity contribution in [3.05, 3.63) is 29.1 Å². The highest BCUT2D eigenvalue weighted by atomic mass is 19.1. The van der Waals surface area contributed by atoms with E-state index in [1.165, 1.54) is 13.2 Å². The number of benzene rings is 1. The van der Waals surface area contributed by atoms with Gasteiger partial charge in [0.15, 0.2) is 0 Å². The van der Waals surface area contributed by atoms with Crippen molar-refractivity contribution in [3.63, 3.8) is 0 Å². The van der Waals surface area contributed by atoms with E-state index in [4.69, 9.17) is 4.74 Å². The summed E-state index contributed by atoms with van der Waals surface area (Å²) in [6.45, 7) is 1.79. The molecule has 0 saturated carbocycles. The number of anilines is 1. The fourth-order valence-corrected chi connectivity index (χ4v) is 1.94. The molecular formula is C12H14FNO3. The van der Waals surface area contributed by atoms with Gasteiger partial charge in [-0.05, 0) is 24.1 Å². The van der Waals surface area contributed by atoms with Gasteiger partial charge >= 0.3 is 0 Å². The SMILES string of the molecule is COCC(O)c1cc(F)c2c(c1)C(C)C(=O)N2. The van der Waals surface area contributed by atoms with E-state index < -0.39 is 17.8 Å². The average molecular weight is 239 g/mol. The second-order valence-electron chi connectivity index (χ2n) is 4.15. The van der Waals surface area contributed by atoms with Gasteiger partial charge in [-0.1, -0.05) is 6.07 Å². The van der Waals surface area contributed by atoms with Crippen LogP contribution in [0.25, 0.3) is 0 Å². The van der Waals surface area contributed by atoms with E-state index in [-0.39, 0.29) is 18.2 Å². The van der Waals surface area contributed by atoms with Crippen LogP contribution in [0.5, 0.6) is 0 Å². The molecule has 0 fully saturated rings. The standard InChI is InChI=1S/C12H14FNO3/c1-6-8-3-7(10(15)5-17-2)4-9(13)11(8)14-12(6)16/h3-4,6,10,15H,5H2,1-2H3,(H,14,16). The van der Waals surface area contributed by atoms with Crippen LogP contribution in [0.4, 0.5) is 10.1 Å². The third-order valence-electron chi connectivity index (χ3n) is 2.96. The van der Waals surface area contributed by atoms with Crippen molar-refractivity contribution in [2.45, 2.75) is 18.9 Å². The summed E-state index contributed by atoms with van der Waals surface area (Å²) in [6, 6.07) is 2.87. The Morgan fingerprint density at radius 3 is 2.94 bits per heavy atom. The van der Waals surface area contributed by atoms with E-state index in [9.17, 15) is 14.3 Å². The number of aliphatic hydroxyl groups is 1. The highest BCUT2D eigenvalue weighted by Crippen LogP contribution is 2.36. The molecule has 1 heterocycles. The minimum atomic E-state index is -0.886. The number of amides is 1. The van der Waals surface area contributed by atoms with E-state index in [0.717, 1.165) is 0 Å². The first kappa shape index (κ1) is 12.0. The van der Waals surface area contributed by atoms with Crippen molar-refractivity contribution < 1.29 is 19.0 Å². The van der Waals surface area contributed by atoms with Crippen LogP contribution < -0.4 is 5.32 Å². The Labute approximate surface area is 98.4 Å². The average Bonchev–Trinajstić information content (AvgIpc) is 2.57. The van der Waals surface area contributed by atoms with Gasteiger partial charge in [0.05, 0.1) is 18.2 Å². The van der Waals surface area contributed by atoms with Crippen LogP contribution in [0, 0.1) is 5.82 Å². The zero-order valence-corrected chi connectivity index (χ0v) is 9.66. The van der Waals surface area contributed by atoms with Gasteiger partial charge in [0.25, 0.3) is 0 Å². The summed E-state index contributed by atoms with van der Waals surface area (Å²) >= 11 is 0. The molecule has 1 aliphatic heterocycles. The van der Waals surface area contributed by atoms with Crippen molar-refractivity contribution >= 4 is 11.6 Å². The molecule has 0 spiro atoms. The Hall–Kier alpha value is -1.46. The number of fused-ring (bicyclic) bond motifs is 1. The number of ether oxygens (including phenoxy) is 1. The summed E-state index contributed by atoms with van der Waals surface area (Å²) in [7, 11) is 1.46. The zero-order chi connectivity index (χ0) is 12.6. The van der Waals surface area contributed by atoms with Crippen LogP contribution in [0.3, 0.4) is 0 Å². The Morgan fingerprint density at radius 1 is 1.59 bits per heavy atom. The van der Waals surface area contributed by atoms with E-state index in [1.54, 1.807) is 13.0 Å². The van der Waals surface area contributed by atoms with Crippen LogP contribution in [0.15, 0.2) is 12.1 Å². The molecule has 2 rings (SSSR count). The first-order chi connectivity index (χ1) is 8.04. The monoisotopic (exact) mass is 239 g/mol. The molecule has 0 bridgehead atoms. The first-order valence-electron chi connectivity index (χ1n) is 5.35. The smallest absolute Gasteiger partial charge is 0.231 e. The molecule has 92 valence electrons. The Balaban J connectivity index is 2.41. The van der Waals surface area contributed by atoms with Gasteiger partial charge in [-0.2, -0.15) is 0 Å². The molecule has 0 saturated heterocycles. The Kier molecular flexibility index (Phi) is 3.13. The number of carbonyl (C=O) groups is 1. The highest BCUT2D eigenvalue weighted by molar-refractivity contribution is 6.02. The molecule has 17 heavy (non-hydrogen) atoms. The summed E-state index contributed by atoms with van der Waals surface area (Å²) in [4.78, 5) is 11.4. The number of aliphatic hydroxyl groups excluding tert-OH is 1. The number of hydrogen-bond donors (Lipinski definition) is 2. The second kappa shape index (κ2) is 4.43. The topological polar surface area (TPSA) is 58.6 Å². The molecule has 1 aromatic carbocycles. The maximum absolute atomic E-state index is 13.7. The summed E-state index contributed by atoms with van der Waals surface area (Å²) in [5.41, 5.74) is 1.22. The maximum Gasteiger partial charge on any atom is 0.231 e. The minimum Gasteiger partial charge on any atom is -0.386 e. The molecule has 2 N–H and O–H groups in total. The lowest BCUT2D eigenvalue weighted by molar-refractivity contribution is -0.116. The molecule has 1 aromatic rings. The molecule has 1 amide bonds. The first-order valence-corrected chi connectivity index (χ1v) is 5.35. The largest absolute Gasteiger partial charge is 0.386 e. The van der Waals surface area contributed by atoms with Crippen molar-refractivity contribution in [2.75, 3.05) is 19.0 Å². The van der Waals surface area contributed by atoms with Gasteiger partial charge < -0.3 is 15.2 Å². The van der Waals surface area contributed by atoms with E-state index in [0.29, 0.717) is 11.1 Å². The molecular weight excluding hydrogens is 225 g/mol. The van der Waals surface area contributed by atoms with Gasteiger partial charge in [-0.25, -0.2) is 4.39 Å². The fraction of sp³-hybridized carbons (Fsp3) is 0.417. The van der Waals surface area contributed by atoms with Gasteiger partial charge in [0, 0.05) is 7.11 Å². The van der Waals surface area contributed by atoms with Crippen molar-refractivity contribution in [1.82, 2.24) is 0 Å². The van der Waals surface area contributed by atoms with Gasteiger partial charge in [-0.3, -0.25) is 4.79 Å². The molecule has 0 aliphatic carbocycles. The summed E-state index contributed by atoms with van der Waals surface area (Å²) in [5.74, 6) is -1.14. The number of methoxy groups -OCH3 is 1. The lowest BCUT2D eigenvalue weighted by Gasteiger charge is -2.12. The van der Waals surface area contributed by atoms with Gasteiger partial charge in [-0.15, -0.1) is 0 Å². The van der Waals surface area contributed by atoms with Crippen LogP contribution in [0.2, 0.25) is 0 Å². The van der Waals surface area contributed by atoms with Gasteiger partial charge in [0.2, 0.25) is 5.91 Å². The summed E-state index contributed by atoms with van der Waals surface area (Å²) < 4.78 is 18.5. The normalized spacial score (nSPS) is 20.0. The zero-order valence-electron chi connectivity index (χ0n) is 9.66. The number of hydrogen-bond acceptors (Lipinski definition) is 3. The number of halogens is 1. The van der Waals surface area contributed by atoms with E-state index in [1.807, 2.05) is 0 Å². The highest BCUT2D eigenvalue weighted by Gasteiger charge is 2.30. The maximum atomic E-state index is 13.7. The third-order valence-corrected chi connectivity index (χ3v) is 2.96. The lowest BCUT2D eigenvalue weighted by atomic mass is 9.98. The fourth-order valence-electron chi connectivity index (χ4n) is 1.94. The predicted molar refractivity (Wildman–Crippen MR) is 60.3 cm³/mol. The molecule has 5 heteroatoms. The van der Waals surface area contributed by atoms with Gasteiger partial charge in [0.1, 0.15) is 11.9 Å². The summed E-state index contributed by atoms with van der Waals surface area (Å²) in [6.07, 6.45) is -0.886. The molecule has 4 nitrogen and oxygen atoms in total. The predicted octanol–water partition coefficient (Wildman–Crippen LogP) is 1.56.